The van der Waals surface area contributed by atoms with Crippen molar-refractivity contribution in [2.75, 3.05) is 14.2 Å². The number of benzene rings is 2. The molecule has 0 heterocycles. The summed E-state index contributed by atoms with van der Waals surface area (Å²) in [7, 11) is 3.02. The van der Waals surface area contributed by atoms with Crippen molar-refractivity contribution in [2.45, 2.75) is 29.9 Å². The smallest absolute Gasteiger partial charge is 0.305 e. The van der Waals surface area contributed by atoms with E-state index in [1.54, 1.807) is 25.8 Å². The molecule has 2 rings (SSSR count). The van der Waals surface area contributed by atoms with Crippen LogP contribution in [-0.2, 0) is 9.53 Å². The second-order valence-electron chi connectivity index (χ2n) is 5.34. The number of ether oxygens (including phenoxy) is 2. The SMILES string of the molecule is COC(=O)CCC(Sc1ccc2cc(OC)ccc2c1)/C(C)=N\O. The number of methoxy groups -OCH3 is 2. The van der Waals surface area contributed by atoms with E-state index in [9.17, 15) is 4.79 Å². The molecule has 5 nitrogen and oxygen atoms in total. The summed E-state index contributed by atoms with van der Waals surface area (Å²) in [6, 6.07) is 12.0. The zero-order valence-electron chi connectivity index (χ0n) is 14.0. The molecule has 0 aliphatic carbocycles. The van der Waals surface area contributed by atoms with Gasteiger partial charge in [-0.15, -0.1) is 11.8 Å². The molecule has 0 saturated carbocycles. The number of oxime groups is 1. The third-order valence-electron chi connectivity index (χ3n) is 3.76. The molecule has 0 spiro atoms. The molecule has 0 fully saturated rings. The van der Waals surface area contributed by atoms with E-state index in [0.29, 0.717) is 12.1 Å². The molecule has 1 atom stereocenters. The van der Waals surface area contributed by atoms with Gasteiger partial charge in [0.15, 0.2) is 0 Å². The van der Waals surface area contributed by atoms with Crippen LogP contribution in [0.25, 0.3) is 10.8 Å². The lowest BCUT2D eigenvalue weighted by molar-refractivity contribution is -0.140. The molecule has 0 radical (unpaired) electrons. The lowest BCUT2D eigenvalue weighted by Crippen LogP contribution is -2.16. The Labute approximate surface area is 145 Å². The summed E-state index contributed by atoms with van der Waals surface area (Å²) in [6.07, 6.45) is 0.833. The van der Waals surface area contributed by atoms with Crippen molar-refractivity contribution < 1.29 is 19.5 Å². The monoisotopic (exact) mass is 347 g/mol. The number of rotatable bonds is 7. The summed E-state index contributed by atoms with van der Waals surface area (Å²) in [5.74, 6) is 0.555. The fourth-order valence-corrected chi connectivity index (χ4v) is 3.46. The lowest BCUT2D eigenvalue weighted by atomic mass is 10.1. The first-order valence-electron chi connectivity index (χ1n) is 7.57. The van der Waals surface area contributed by atoms with E-state index in [1.807, 2.05) is 30.3 Å². The van der Waals surface area contributed by atoms with E-state index in [-0.39, 0.29) is 17.6 Å². The van der Waals surface area contributed by atoms with E-state index in [2.05, 4.69) is 16.0 Å². The van der Waals surface area contributed by atoms with Gasteiger partial charge < -0.3 is 14.7 Å². The minimum absolute atomic E-state index is 0.0928. The van der Waals surface area contributed by atoms with Gasteiger partial charge >= 0.3 is 5.97 Å². The average molecular weight is 347 g/mol. The molecule has 1 unspecified atom stereocenters. The number of esters is 1. The van der Waals surface area contributed by atoms with Gasteiger partial charge in [-0.2, -0.15) is 0 Å². The van der Waals surface area contributed by atoms with E-state index < -0.39 is 0 Å². The number of hydrogen-bond donors (Lipinski definition) is 1. The first kappa shape index (κ1) is 18.1. The molecule has 6 heteroatoms. The predicted octanol–water partition coefficient (Wildman–Crippen LogP) is 4.11. The van der Waals surface area contributed by atoms with Gasteiger partial charge in [0, 0.05) is 11.3 Å². The van der Waals surface area contributed by atoms with Crippen LogP contribution in [0.5, 0.6) is 5.75 Å². The van der Waals surface area contributed by atoms with E-state index in [4.69, 9.17) is 9.94 Å². The highest BCUT2D eigenvalue weighted by Gasteiger charge is 2.17. The topological polar surface area (TPSA) is 68.1 Å². The summed E-state index contributed by atoms with van der Waals surface area (Å²) in [5.41, 5.74) is 0.582. The fraction of sp³-hybridized carbons (Fsp3) is 0.333. The molecule has 0 aromatic heterocycles. The molecule has 0 saturated heterocycles. The Hall–Kier alpha value is -2.21. The van der Waals surface area contributed by atoms with Crippen molar-refractivity contribution >= 4 is 34.2 Å². The number of hydrogen-bond acceptors (Lipinski definition) is 6. The van der Waals surface area contributed by atoms with Crippen LogP contribution in [0.1, 0.15) is 19.8 Å². The molecule has 0 amide bonds. The summed E-state index contributed by atoms with van der Waals surface area (Å²) in [6.45, 7) is 1.75. The van der Waals surface area contributed by atoms with Crippen molar-refractivity contribution in [3.8, 4) is 5.75 Å². The van der Waals surface area contributed by atoms with Gasteiger partial charge in [0.2, 0.25) is 0 Å². The first-order chi connectivity index (χ1) is 11.6. The van der Waals surface area contributed by atoms with Crippen molar-refractivity contribution in [2.24, 2.45) is 5.16 Å². The number of carbonyl (C=O) groups is 1. The molecule has 128 valence electrons. The lowest BCUT2D eigenvalue weighted by Gasteiger charge is -2.15. The predicted molar refractivity (Wildman–Crippen MR) is 96.3 cm³/mol. The van der Waals surface area contributed by atoms with Gasteiger partial charge in [-0.1, -0.05) is 17.3 Å². The Morgan fingerprint density at radius 3 is 2.58 bits per heavy atom. The van der Waals surface area contributed by atoms with Gasteiger partial charge in [-0.25, -0.2) is 0 Å². The maximum atomic E-state index is 11.4. The second kappa shape index (κ2) is 8.59. The Morgan fingerprint density at radius 1 is 1.21 bits per heavy atom. The third kappa shape index (κ3) is 4.64. The van der Waals surface area contributed by atoms with Crippen LogP contribution in [0.3, 0.4) is 0 Å². The van der Waals surface area contributed by atoms with Crippen LogP contribution in [0.15, 0.2) is 46.4 Å². The Kier molecular flexibility index (Phi) is 6.49. The van der Waals surface area contributed by atoms with Crippen molar-refractivity contribution in [3.63, 3.8) is 0 Å². The zero-order valence-corrected chi connectivity index (χ0v) is 14.8. The Bertz CT molecular complexity index is 745. The molecule has 0 bridgehead atoms. The zero-order chi connectivity index (χ0) is 17.5. The maximum Gasteiger partial charge on any atom is 0.305 e. The van der Waals surface area contributed by atoms with E-state index in [1.165, 1.54) is 7.11 Å². The van der Waals surface area contributed by atoms with Crippen LogP contribution in [0.2, 0.25) is 0 Å². The van der Waals surface area contributed by atoms with Gasteiger partial charge in [0.1, 0.15) is 5.75 Å². The van der Waals surface area contributed by atoms with Crippen LogP contribution in [-0.4, -0.2) is 36.4 Å². The van der Waals surface area contributed by atoms with E-state index >= 15 is 0 Å². The number of thioether (sulfide) groups is 1. The normalized spacial score (nSPS) is 12.9. The highest BCUT2D eigenvalue weighted by molar-refractivity contribution is 8.00. The van der Waals surface area contributed by atoms with Crippen LogP contribution >= 0.6 is 11.8 Å². The van der Waals surface area contributed by atoms with Crippen LogP contribution in [0, 0.1) is 0 Å². The minimum Gasteiger partial charge on any atom is -0.497 e. The standard InChI is InChI=1S/C18H21NO4S/c1-12(19-21)17(8-9-18(20)23-3)24-16-7-5-13-10-15(22-2)6-4-14(13)11-16/h4-7,10-11,17,21H,8-9H2,1-3H3/b19-12-. The van der Waals surface area contributed by atoms with Crippen LogP contribution < -0.4 is 4.74 Å². The maximum absolute atomic E-state index is 11.4. The highest BCUT2D eigenvalue weighted by atomic mass is 32.2. The van der Waals surface area contributed by atoms with Gasteiger partial charge in [-0.3, -0.25) is 4.79 Å². The number of fused-ring (bicyclic) bond motifs is 1. The van der Waals surface area contributed by atoms with Gasteiger partial charge in [0.25, 0.3) is 0 Å². The summed E-state index contributed by atoms with van der Waals surface area (Å²) in [4.78, 5) is 12.4. The van der Waals surface area contributed by atoms with Crippen molar-refractivity contribution in [3.05, 3.63) is 36.4 Å². The van der Waals surface area contributed by atoms with E-state index in [0.717, 1.165) is 21.4 Å². The highest BCUT2D eigenvalue weighted by Crippen LogP contribution is 2.31. The molecular formula is C18H21NO4S. The number of nitrogens with zero attached hydrogens (tertiary/aromatic N) is 1. The first-order valence-corrected chi connectivity index (χ1v) is 8.45. The minimum atomic E-state index is -0.267. The largest absolute Gasteiger partial charge is 0.497 e. The molecule has 0 aliphatic rings. The van der Waals surface area contributed by atoms with Gasteiger partial charge in [-0.05, 0) is 48.4 Å². The molecule has 1 N–H and O–H groups in total. The Morgan fingerprint density at radius 2 is 1.92 bits per heavy atom. The molecule has 2 aromatic carbocycles. The third-order valence-corrected chi connectivity index (χ3v) is 5.15. The van der Waals surface area contributed by atoms with Crippen molar-refractivity contribution in [1.82, 2.24) is 0 Å². The summed E-state index contributed by atoms with van der Waals surface area (Å²) >= 11 is 1.57. The molecule has 24 heavy (non-hydrogen) atoms. The quantitative estimate of drug-likeness (QED) is 0.268. The fourth-order valence-electron chi connectivity index (χ4n) is 2.33. The summed E-state index contributed by atoms with van der Waals surface area (Å²) in [5, 5.41) is 14.5. The van der Waals surface area contributed by atoms with Gasteiger partial charge in [0.05, 0.1) is 25.2 Å². The molecule has 0 aliphatic heterocycles. The summed E-state index contributed by atoms with van der Waals surface area (Å²) < 4.78 is 9.92. The van der Waals surface area contributed by atoms with Crippen molar-refractivity contribution in [1.29, 1.82) is 0 Å². The average Bonchev–Trinajstić information content (AvgIpc) is 2.63. The number of carbonyl (C=O) groups excluding carboxylic acids is 1. The van der Waals surface area contributed by atoms with Crippen LogP contribution in [0.4, 0.5) is 0 Å². The Balaban J connectivity index is 2.18. The molecule has 2 aromatic rings. The second-order valence-corrected chi connectivity index (χ2v) is 6.61. The molecular weight excluding hydrogens is 326 g/mol.